The van der Waals surface area contributed by atoms with Crippen molar-refractivity contribution in [3.8, 4) is 0 Å². The number of nitrogens with two attached hydrogens (primary N) is 2. The molecule has 0 aromatic rings. The maximum atomic E-state index is 9.24. The van der Waals surface area contributed by atoms with E-state index < -0.39 is 5.97 Å². The molecule has 0 saturated carbocycles. The molecule has 9 heavy (non-hydrogen) atoms. The number of carbonyl (C=O) groups is 1. The molecule has 0 heterocycles. The second-order valence-electron chi connectivity index (χ2n) is 1.39. The van der Waals surface area contributed by atoms with Crippen LogP contribution in [0.3, 0.4) is 0 Å². The highest BCUT2D eigenvalue weighted by atomic mass is 16.4. The van der Waals surface area contributed by atoms with Gasteiger partial charge in [0, 0.05) is 0 Å². The molecule has 0 aliphatic heterocycles. The van der Waals surface area contributed by atoms with Crippen molar-refractivity contribution in [1.82, 2.24) is 0 Å². The van der Waals surface area contributed by atoms with Gasteiger partial charge in [-0.2, -0.15) is 0 Å². The van der Waals surface area contributed by atoms with Crippen molar-refractivity contribution in [3.63, 3.8) is 0 Å². The Labute approximate surface area is 54.8 Å². The first-order valence-corrected chi connectivity index (χ1v) is 2.80. The third-order valence-corrected chi connectivity index (χ3v) is 0.463. The van der Waals surface area contributed by atoms with Gasteiger partial charge in [0.2, 0.25) is 0 Å². The lowest BCUT2D eigenvalue weighted by atomic mass is 10.5. The van der Waals surface area contributed by atoms with Crippen LogP contribution in [0.15, 0.2) is 0 Å². The molecule has 0 aromatic heterocycles. The fourth-order valence-electron chi connectivity index (χ4n) is 0. The largest absolute Gasteiger partial charge is 0.480 e. The van der Waals surface area contributed by atoms with Crippen LogP contribution in [0.2, 0.25) is 0 Å². The normalized spacial score (nSPS) is 7.44. The van der Waals surface area contributed by atoms with Crippen molar-refractivity contribution in [2.24, 2.45) is 11.5 Å². The number of carboxylic acids is 1. The van der Waals surface area contributed by atoms with Crippen LogP contribution in [0, 0.1) is 0 Å². The molecule has 0 amide bonds. The van der Waals surface area contributed by atoms with E-state index in [2.05, 4.69) is 12.7 Å². The van der Waals surface area contributed by atoms with Crippen molar-refractivity contribution in [2.45, 2.75) is 13.3 Å². The Morgan fingerprint density at radius 3 is 1.78 bits per heavy atom. The zero-order valence-electron chi connectivity index (χ0n) is 5.63. The van der Waals surface area contributed by atoms with E-state index in [-0.39, 0.29) is 6.54 Å². The number of carboxylic acid groups (broad SMARTS) is 1. The maximum Gasteiger partial charge on any atom is 0.317 e. The lowest BCUT2D eigenvalue weighted by Gasteiger charge is -1.73. The Kier molecular flexibility index (Phi) is 13.0. The van der Waals surface area contributed by atoms with Crippen molar-refractivity contribution in [3.05, 3.63) is 0 Å². The molecule has 56 valence electrons. The summed E-state index contributed by atoms with van der Waals surface area (Å²) in [5.41, 5.74) is 9.60. The molecule has 5 N–H and O–H groups in total. The summed E-state index contributed by atoms with van der Waals surface area (Å²) in [6, 6.07) is 0. The van der Waals surface area contributed by atoms with Crippen LogP contribution in [-0.4, -0.2) is 24.2 Å². The molecule has 0 aliphatic carbocycles. The van der Waals surface area contributed by atoms with Crippen molar-refractivity contribution >= 4 is 5.97 Å². The molecule has 0 radical (unpaired) electrons. The van der Waals surface area contributed by atoms with Gasteiger partial charge in [0.15, 0.2) is 0 Å². The minimum absolute atomic E-state index is 0.278. The zero-order chi connectivity index (χ0) is 7.70. The highest BCUT2D eigenvalue weighted by Crippen LogP contribution is 1.57. The van der Waals surface area contributed by atoms with E-state index in [0.29, 0.717) is 0 Å². The molecule has 0 rings (SSSR count). The minimum atomic E-state index is -0.968. The molecule has 0 spiro atoms. The molecular weight excluding hydrogens is 120 g/mol. The van der Waals surface area contributed by atoms with Crippen LogP contribution in [0.1, 0.15) is 13.3 Å². The van der Waals surface area contributed by atoms with E-state index in [1.807, 2.05) is 0 Å². The number of hydrogen-bond donors (Lipinski definition) is 3. The van der Waals surface area contributed by atoms with Crippen molar-refractivity contribution in [2.75, 3.05) is 13.1 Å². The second-order valence-corrected chi connectivity index (χ2v) is 1.39. The Hall–Kier alpha value is -0.610. The lowest BCUT2D eigenvalue weighted by molar-refractivity contribution is -0.135. The molecule has 0 fully saturated rings. The topological polar surface area (TPSA) is 89.3 Å². The van der Waals surface area contributed by atoms with Crippen molar-refractivity contribution in [1.29, 1.82) is 0 Å². The first kappa shape index (κ1) is 11.2. The number of hydrogen-bond acceptors (Lipinski definition) is 3. The molecular formula is C5H14N2O2. The van der Waals surface area contributed by atoms with E-state index in [1.54, 1.807) is 0 Å². The summed E-state index contributed by atoms with van der Waals surface area (Å²) >= 11 is 0. The summed E-state index contributed by atoms with van der Waals surface area (Å²) in [4.78, 5) is 9.24. The Bertz CT molecular complexity index is 64.0. The molecule has 0 bridgehead atoms. The first-order valence-electron chi connectivity index (χ1n) is 2.80. The Morgan fingerprint density at radius 1 is 1.56 bits per heavy atom. The van der Waals surface area contributed by atoms with Gasteiger partial charge in [-0.25, -0.2) is 0 Å². The highest BCUT2D eigenvalue weighted by molar-refractivity contribution is 5.68. The van der Waals surface area contributed by atoms with Gasteiger partial charge in [-0.1, -0.05) is 6.92 Å². The number of rotatable bonds is 2. The molecule has 0 aromatic carbocycles. The van der Waals surface area contributed by atoms with Gasteiger partial charge in [-0.05, 0) is 13.0 Å². The van der Waals surface area contributed by atoms with E-state index in [4.69, 9.17) is 10.8 Å². The monoisotopic (exact) mass is 134 g/mol. The fraction of sp³-hybridized carbons (Fsp3) is 0.800. The SMILES string of the molecule is CCCN.NCC(=O)O. The Morgan fingerprint density at radius 2 is 1.78 bits per heavy atom. The fourth-order valence-corrected chi connectivity index (χ4v) is 0. The van der Waals surface area contributed by atoms with E-state index >= 15 is 0 Å². The smallest absolute Gasteiger partial charge is 0.317 e. The van der Waals surface area contributed by atoms with Gasteiger partial charge in [-0.3, -0.25) is 4.79 Å². The van der Waals surface area contributed by atoms with Crippen LogP contribution in [-0.2, 0) is 4.79 Å². The van der Waals surface area contributed by atoms with Crippen LogP contribution >= 0.6 is 0 Å². The molecule has 4 nitrogen and oxygen atoms in total. The quantitative estimate of drug-likeness (QED) is 0.469. The highest BCUT2D eigenvalue weighted by Gasteiger charge is 1.81. The molecule has 0 saturated heterocycles. The summed E-state index contributed by atoms with van der Waals surface area (Å²) in [7, 11) is 0. The van der Waals surface area contributed by atoms with Crippen LogP contribution in [0.25, 0.3) is 0 Å². The predicted molar refractivity (Wildman–Crippen MR) is 36.0 cm³/mol. The maximum absolute atomic E-state index is 9.24. The first-order chi connectivity index (χ1) is 4.18. The van der Waals surface area contributed by atoms with Crippen molar-refractivity contribution < 1.29 is 9.90 Å². The zero-order valence-corrected chi connectivity index (χ0v) is 5.63. The molecule has 0 aliphatic rings. The average Bonchev–Trinajstić information content (AvgIpc) is 1.89. The third-order valence-electron chi connectivity index (χ3n) is 0.463. The van der Waals surface area contributed by atoms with Crippen LogP contribution in [0.5, 0.6) is 0 Å². The third kappa shape index (κ3) is 37.6. The van der Waals surface area contributed by atoms with E-state index in [1.165, 1.54) is 0 Å². The predicted octanol–water partition coefficient (Wildman–Crippen LogP) is -0.615. The average molecular weight is 134 g/mol. The molecule has 0 atom stereocenters. The number of aliphatic carboxylic acids is 1. The standard InChI is InChI=1S/C3H9N.C2H5NO2/c1-2-3-4;3-1-2(4)5/h2-4H2,1H3;1,3H2,(H,4,5). The Balaban J connectivity index is 0. The summed E-state index contributed by atoms with van der Waals surface area (Å²) in [5.74, 6) is -0.968. The van der Waals surface area contributed by atoms with Gasteiger partial charge in [0.05, 0.1) is 6.54 Å². The van der Waals surface area contributed by atoms with Gasteiger partial charge < -0.3 is 16.6 Å². The lowest BCUT2D eigenvalue weighted by Crippen LogP contribution is -2.10. The van der Waals surface area contributed by atoms with Crippen LogP contribution < -0.4 is 11.5 Å². The van der Waals surface area contributed by atoms with Gasteiger partial charge in [-0.15, -0.1) is 0 Å². The molecule has 0 unspecified atom stereocenters. The summed E-state index contributed by atoms with van der Waals surface area (Å²) in [6.07, 6.45) is 1.10. The summed E-state index contributed by atoms with van der Waals surface area (Å²) < 4.78 is 0. The van der Waals surface area contributed by atoms with Gasteiger partial charge in [0.25, 0.3) is 0 Å². The minimum Gasteiger partial charge on any atom is -0.480 e. The van der Waals surface area contributed by atoms with Crippen LogP contribution in [0.4, 0.5) is 0 Å². The van der Waals surface area contributed by atoms with Gasteiger partial charge >= 0.3 is 5.97 Å². The van der Waals surface area contributed by atoms with E-state index in [9.17, 15) is 4.79 Å². The summed E-state index contributed by atoms with van der Waals surface area (Å²) in [6.45, 7) is 2.60. The van der Waals surface area contributed by atoms with E-state index in [0.717, 1.165) is 13.0 Å². The summed E-state index contributed by atoms with van der Waals surface area (Å²) in [5, 5.41) is 7.60. The second kappa shape index (κ2) is 10.4. The molecule has 4 heteroatoms. The van der Waals surface area contributed by atoms with Gasteiger partial charge in [0.1, 0.15) is 0 Å².